The minimum Gasteiger partial charge on any atom is -0.480 e. The predicted molar refractivity (Wildman–Crippen MR) is 48.9 cm³/mol. The molecule has 0 aliphatic carbocycles. The summed E-state index contributed by atoms with van der Waals surface area (Å²) in [7, 11) is 1.42. The molecule has 0 saturated carbocycles. The van der Waals surface area contributed by atoms with E-state index in [1.54, 1.807) is 0 Å². The van der Waals surface area contributed by atoms with Crippen LogP contribution in [0, 0.1) is 0 Å². The molecule has 0 spiro atoms. The number of hydrogen-bond acceptors (Lipinski definition) is 4. The molecule has 0 aromatic carbocycles. The molecule has 15 heavy (non-hydrogen) atoms. The molecule has 1 heterocycles. The molecule has 0 aromatic heterocycles. The first-order valence-corrected chi connectivity index (χ1v) is 4.35. The highest BCUT2D eigenvalue weighted by atomic mass is 16.5. The average Bonchev–Trinajstić information content (AvgIpc) is 2.49. The van der Waals surface area contributed by atoms with E-state index in [1.165, 1.54) is 7.11 Å². The zero-order chi connectivity index (χ0) is 11.4. The number of rotatable bonds is 5. The third-order valence-corrected chi connectivity index (χ3v) is 2.04. The van der Waals surface area contributed by atoms with Crippen molar-refractivity contribution in [2.45, 2.75) is 12.5 Å². The van der Waals surface area contributed by atoms with Crippen LogP contribution in [0.2, 0.25) is 0 Å². The lowest BCUT2D eigenvalue weighted by molar-refractivity contribution is -0.154. The minimum absolute atomic E-state index is 0.0883. The molecule has 6 nitrogen and oxygen atoms in total. The lowest BCUT2D eigenvalue weighted by Gasteiger charge is -2.21. The Balaban J connectivity index is 2.76. The summed E-state index contributed by atoms with van der Waals surface area (Å²) in [6.45, 7) is 0.175. The molecule has 6 heteroatoms. The van der Waals surface area contributed by atoms with Crippen LogP contribution in [0.3, 0.4) is 0 Å². The number of aliphatic carboxylic acids is 1. The van der Waals surface area contributed by atoms with Crippen molar-refractivity contribution < 1.29 is 24.2 Å². The molecule has 0 bridgehead atoms. The van der Waals surface area contributed by atoms with E-state index in [-0.39, 0.29) is 13.0 Å². The van der Waals surface area contributed by atoms with Crippen molar-refractivity contribution in [1.29, 1.82) is 0 Å². The first-order valence-electron chi connectivity index (χ1n) is 4.35. The molecule has 0 fully saturated rings. The van der Waals surface area contributed by atoms with Gasteiger partial charge in [-0.2, -0.15) is 0 Å². The maximum absolute atomic E-state index is 11.2. The summed E-state index contributed by atoms with van der Waals surface area (Å²) in [6, 6.07) is -1.15. The summed E-state index contributed by atoms with van der Waals surface area (Å²) in [6.07, 6.45) is 2.21. The van der Waals surface area contributed by atoms with Crippen LogP contribution in [-0.4, -0.2) is 47.5 Å². The van der Waals surface area contributed by atoms with Crippen molar-refractivity contribution in [1.82, 2.24) is 4.90 Å². The van der Waals surface area contributed by atoms with E-state index in [0.29, 0.717) is 0 Å². The summed E-state index contributed by atoms with van der Waals surface area (Å²) in [4.78, 5) is 34.0. The highest BCUT2D eigenvalue weighted by molar-refractivity contribution is 6.14. The minimum atomic E-state index is -1.21. The van der Waals surface area contributed by atoms with Crippen molar-refractivity contribution in [3.05, 3.63) is 12.2 Å². The van der Waals surface area contributed by atoms with Gasteiger partial charge in [0, 0.05) is 32.3 Å². The van der Waals surface area contributed by atoms with Crippen molar-refractivity contribution in [3.8, 4) is 0 Å². The van der Waals surface area contributed by atoms with Crippen LogP contribution in [-0.2, 0) is 19.1 Å². The van der Waals surface area contributed by atoms with E-state index in [1.807, 2.05) is 0 Å². The van der Waals surface area contributed by atoms with E-state index in [4.69, 9.17) is 9.84 Å². The van der Waals surface area contributed by atoms with E-state index in [2.05, 4.69) is 0 Å². The number of methoxy groups -OCH3 is 1. The van der Waals surface area contributed by atoms with E-state index in [0.717, 1.165) is 17.1 Å². The van der Waals surface area contributed by atoms with Crippen LogP contribution >= 0.6 is 0 Å². The number of ether oxygens (including phenoxy) is 1. The van der Waals surface area contributed by atoms with E-state index < -0.39 is 23.8 Å². The van der Waals surface area contributed by atoms with Gasteiger partial charge in [0.1, 0.15) is 6.04 Å². The standard InChI is InChI=1S/C9H11NO5/c1-15-5-4-6(9(13)14)10-7(11)2-3-8(10)12/h2-3,6H,4-5H2,1H3,(H,13,14). The first kappa shape index (κ1) is 11.4. The number of amides is 2. The maximum atomic E-state index is 11.2. The quantitative estimate of drug-likeness (QED) is 0.616. The van der Waals surface area contributed by atoms with Crippen LogP contribution in [0.5, 0.6) is 0 Å². The lowest BCUT2D eigenvalue weighted by Crippen LogP contribution is -2.45. The summed E-state index contributed by atoms with van der Waals surface area (Å²) in [5, 5.41) is 8.87. The van der Waals surface area contributed by atoms with Gasteiger partial charge in [0.2, 0.25) is 0 Å². The molecule has 1 aliphatic rings. The topological polar surface area (TPSA) is 83.9 Å². The van der Waals surface area contributed by atoms with Gasteiger partial charge in [0.15, 0.2) is 0 Å². The number of carbonyl (C=O) groups is 3. The number of carbonyl (C=O) groups excluding carboxylic acids is 2. The molecular weight excluding hydrogens is 202 g/mol. The number of hydrogen-bond donors (Lipinski definition) is 1. The highest BCUT2D eigenvalue weighted by Crippen LogP contribution is 2.12. The van der Waals surface area contributed by atoms with Crippen molar-refractivity contribution >= 4 is 17.8 Å². The van der Waals surface area contributed by atoms with Gasteiger partial charge in [0.05, 0.1) is 0 Å². The van der Waals surface area contributed by atoms with Gasteiger partial charge in [0.25, 0.3) is 11.8 Å². The Morgan fingerprint density at radius 1 is 1.47 bits per heavy atom. The Kier molecular flexibility index (Phi) is 3.56. The normalized spacial score (nSPS) is 17.3. The van der Waals surface area contributed by atoms with Gasteiger partial charge in [-0.1, -0.05) is 0 Å². The second-order valence-electron chi connectivity index (χ2n) is 3.02. The summed E-state index contributed by atoms with van der Waals surface area (Å²) in [5.74, 6) is -2.40. The summed E-state index contributed by atoms with van der Waals surface area (Å²) >= 11 is 0. The fourth-order valence-electron chi connectivity index (χ4n) is 1.31. The van der Waals surface area contributed by atoms with Crippen LogP contribution in [0.25, 0.3) is 0 Å². The Morgan fingerprint density at radius 3 is 2.40 bits per heavy atom. The van der Waals surface area contributed by atoms with Gasteiger partial charge in [-0.15, -0.1) is 0 Å². The summed E-state index contributed by atoms with van der Waals surface area (Å²) in [5.41, 5.74) is 0. The second-order valence-corrected chi connectivity index (χ2v) is 3.02. The van der Waals surface area contributed by atoms with E-state index >= 15 is 0 Å². The molecule has 1 atom stereocenters. The maximum Gasteiger partial charge on any atom is 0.327 e. The zero-order valence-corrected chi connectivity index (χ0v) is 8.17. The van der Waals surface area contributed by atoms with Crippen molar-refractivity contribution in [2.75, 3.05) is 13.7 Å². The second kappa shape index (κ2) is 4.70. The van der Waals surface area contributed by atoms with Gasteiger partial charge in [-0.25, -0.2) is 4.79 Å². The molecule has 1 N–H and O–H groups in total. The van der Waals surface area contributed by atoms with Crippen molar-refractivity contribution in [2.24, 2.45) is 0 Å². The monoisotopic (exact) mass is 213 g/mol. The SMILES string of the molecule is COCCC(C(=O)O)N1C(=O)C=CC1=O. The molecule has 0 saturated heterocycles. The summed E-state index contributed by atoms with van der Waals surface area (Å²) < 4.78 is 4.72. The Hall–Kier alpha value is -1.69. The molecule has 2 amide bonds. The Labute approximate surface area is 86.1 Å². The van der Waals surface area contributed by atoms with Gasteiger partial charge >= 0.3 is 5.97 Å². The number of carboxylic acid groups (broad SMARTS) is 1. The fourth-order valence-corrected chi connectivity index (χ4v) is 1.31. The molecule has 0 aromatic rings. The van der Waals surface area contributed by atoms with Crippen molar-refractivity contribution in [3.63, 3.8) is 0 Å². The number of imide groups is 1. The van der Waals surface area contributed by atoms with Crippen LogP contribution < -0.4 is 0 Å². The van der Waals surface area contributed by atoms with Crippen LogP contribution in [0.15, 0.2) is 12.2 Å². The molecule has 1 rings (SSSR count). The van der Waals surface area contributed by atoms with Gasteiger partial charge in [-0.3, -0.25) is 14.5 Å². The largest absolute Gasteiger partial charge is 0.480 e. The lowest BCUT2D eigenvalue weighted by atomic mass is 10.2. The Morgan fingerprint density at radius 2 is 2.00 bits per heavy atom. The smallest absolute Gasteiger partial charge is 0.327 e. The van der Waals surface area contributed by atoms with Gasteiger partial charge in [-0.05, 0) is 0 Å². The van der Waals surface area contributed by atoms with Crippen LogP contribution in [0.1, 0.15) is 6.42 Å². The van der Waals surface area contributed by atoms with Gasteiger partial charge < -0.3 is 9.84 Å². The first-order chi connectivity index (χ1) is 7.07. The third kappa shape index (κ3) is 2.41. The third-order valence-electron chi connectivity index (χ3n) is 2.04. The molecule has 82 valence electrons. The molecular formula is C9H11NO5. The predicted octanol–water partition coefficient (Wildman–Crippen LogP) is -0.599. The van der Waals surface area contributed by atoms with Crippen LogP contribution in [0.4, 0.5) is 0 Å². The zero-order valence-electron chi connectivity index (χ0n) is 8.17. The highest BCUT2D eigenvalue weighted by Gasteiger charge is 2.35. The molecule has 1 unspecified atom stereocenters. The average molecular weight is 213 g/mol. The number of carboxylic acids is 1. The Bertz CT molecular complexity index is 304. The molecule has 1 aliphatic heterocycles. The molecule has 0 radical (unpaired) electrons. The number of nitrogens with zero attached hydrogens (tertiary/aromatic N) is 1. The van der Waals surface area contributed by atoms with E-state index in [9.17, 15) is 14.4 Å². The fraction of sp³-hybridized carbons (Fsp3) is 0.444.